The summed E-state index contributed by atoms with van der Waals surface area (Å²) in [5.74, 6) is 1.66. The van der Waals surface area contributed by atoms with Crippen LogP contribution in [-0.4, -0.2) is 0 Å². The zero-order valence-corrected chi connectivity index (χ0v) is 15.5. The van der Waals surface area contributed by atoms with E-state index in [2.05, 4.69) is 26.0 Å². The van der Waals surface area contributed by atoms with Crippen LogP contribution in [0, 0.1) is 29.0 Å². The fraction of sp³-hybridized carbons (Fsp3) is 0.273. The molecule has 0 amide bonds. The number of hydrogen-bond acceptors (Lipinski definition) is 4. The van der Waals surface area contributed by atoms with E-state index >= 15 is 0 Å². The summed E-state index contributed by atoms with van der Waals surface area (Å²) in [5.41, 5.74) is 0. The van der Waals surface area contributed by atoms with Crippen molar-refractivity contribution in [2.24, 2.45) is 5.92 Å². The van der Waals surface area contributed by atoms with Crippen molar-refractivity contribution in [1.29, 1.82) is 10.5 Å². The van der Waals surface area contributed by atoms with Crippen molar-refractivity contribution >= 4 is 11.8 Å². The molecule has 0 fully saturated rings. The van der Waals surface area contributed by atoms with E-state index in [0.717, 1.165) is 23.3 Å². The second kappa shape index (κ2) is 12.2. The van der Waals surface area contributed by atoms with Crippen LogP contribution < -0.4 is 10.4 Å². The standard InChI is InChI=1S/C12H13NO.C10H11NO/c1-3-6-11-7-4-5-8-12(11)10(2)14-9-13;1-2-9-5-3-4-6-10(7-9)12-8-11/h4-8H,3H2,1-2H3;3-7,9H,2H2,1H3/b11-6-,12-10+;. The number of allylic oxidation sites excluding steroid dienone is 5. The Kier molecular flexibility index (Phi) is 9.74. The molecule has 0 radical (unpaired) electrons. The summed E-state index contributed by atoms with van der Waals surface area (Å²) in [7, 11) is 0. The average Bonchev–Trinajstić information content (AvgIpc) is 2.89. The lowest BCUT2D eigenvalue weighted by Gasteiger charge is -2.02. The molecule has 26 heavy (non-hydrogen) atoms. The highest BCUT2D eigenvalue weighted by molar-refractivity contribution is 5.38. The molecule has 0 N–H and O–H groups in total. The van der Waals surface area contributed by atoms with Crippen LogP contribution in [0.1, 0.15) is 33.6 Å². The van der Waals surface area contributed by atoms with Gasteiger partial charge in [0.15, 0.2) is 0 Å². The van der Waals surface area contributed by atoms with Gasteiger partial charge in [-0.25, -0.2) is 0 Å². The minimum atomic E-state index is 0.378. The molecule has 0 saturated heterocycles. The highest BCUT2D eigenvalue weighted by atomic mass is 16.5. The molecule has 1 unspecified atom stereocenters. The Morgan fingerprint density at radius 3 is 2.58 bits per heavy atom. The maximum atomic E-state index is 8.42. The van der Waals surface area contributed by atoms with Gasteiger partial charge >= 0.3 is 0 Å². The van der Waals surface area contributed by atoms with Crippen LogP contribution in [0.25, 0.3) is 11.8 Å². The van der Waals surface area contributed by atoms with E-state index in [1.165, 1.54) is 0 Å². The molecular formula is C22H24N2O2. The van der Waals surface area contributed by atoms with Crippen LogP contribution >= 0.6 is 0 Å². The maximum absolute atomic E-state index is 8.42. The third-order valence-electron chi connectivity index (χ3n) is 3.71. The van der Waals surface area contributed by atoms with Crippen LogP contribution in [0.2, 0.25) is 0 Å². The average molecular weight is 348 g/mol. The van der Waals surface area contributed by atoms with Crippen LogP contribution in [0.15, 0.2) is 60.4 Å². The topological polar surface area (TPSA) is 66.0 Å². The number of benzene rings is 1. The predicted octanol–water partition coefficient (Wildman–Crippen LogP) is 4.02. The van der Waals surface area contributed by atoms with E-state index in [-0.39, 0.29) is 0 Å². The fourth-order valence-electron chi connectivity index (χ4n) is 2.39. The predicted molar refractivity (Wildman–Crippen MR) is 103 cm³/mol. The zero-order valence-electron chi connectivity index (χ0n) is 15.5. The van der Waals surface area contributed by atoms with Crippen molar-refractivity contribution in [2.45, 2.75) is 33.6 Å². The number of rotatable bonds is 4. The van der Waals surface area contributed by atoms with Crippen LogP contribution in [0.5, 0.6) is 0 Å². The molecule has 4 nitrogen and oxygen atoms in total. The molecule has 1 aromatic carbocycles. The Hall–Kier alpha value is -3.24. The molecule has 0 aliphatic heterocycles. The molecular weight excluding hydrogens is 324 g/mol. The van der Waals surface area contributed by atoms with E-state index < -0.39 is 0 Å². The van der Waals surface area contributed by atoms with Gasteiger partial charge in [0, 0.05) is 5.22 Å². The largest absolute Gasteiger partial charge is 0.392 e. The van der Waals surface area contributed by atoms with E-state index in [0.29, 0.717) is 17.4 Å². The van der Waals surface area contributed by atoms with E-state index in [9.17, 15) is 0 Å². The van der Waals surface area contributed by atoms with Crippen molar-refractivity contribution < 1.29 is 9.47 Å². The molecule has 0 bridgehead atoms. The lowest BCUT2D eigenvalue weighted by Crippen LogP contribution is -2.26. The first-order chi connectivity index (χ1) is 12.7. The summed E-state index contributed by atoms with van der Waals surface area (Å²) < 4.78 is 9.55. The number of nitrogens with zero attached hydrogens (tertiary/aromatic N) is 2. The van der Waals surface area contributed by atoms with Crippen molar-refractivity contribution in [2.75, 3.05) is 0 Å². The molecule has 0 aromatic heterocycles. The third-order valence-corrected chi connectivity index (χ3v) is 3.71. The molecule has 134 valence electrons. The molecule has 1 atom stereocenters. The van der Waals surface area contributed by atoms with E-state index in [4.69, 9.17) is 20.0 Å². The summed E-state index contributed by atoms with van der Waals surface area (Å²) in [6, 6.07) is 7.88. The van der Waals surface area contributed by atoms with Crippen molar-refractivity contribution in [3.05, 3.63) is 70.8 Å². The normalized spacial score (nSPS) is 16.9. The summed E-state index contributed by atoms with van der Waals surface area (Å²) in [5, 5.41) is 18.8. The van der Waals surface area contributed by atoms with Gasteiger partial charge in [-0.15, -0.1) is 10.5 Å². The molecule has 0 saturated carbocycles. The van der Waals surface area contributed by atoms with Gasteiger partial charge in [-0.05, 0) is 43.1 Å². The van der Waals surface area contributed by atoms with Gasteiger partial charge in [0.1, 0.15) is 11.5 Å². The van der Waals surface area contributed by atoms with E-state index in [1.54, 1.807) is 25.5 Å². The van der Waals surface area contributed by atoms with Crippen molar-refractivity contribution in [3.63, 3.8) is 0 Å². The quantitative estimate of drug-likeness (QED) is 0.771. The number of hydrogen-bond donors (Lipinski definition) is 0. The Balaban J connectivity index is 0.000000263. The molecule has 2 rings (SSSR count). The molecule has 4 heteroatoms. The fourth-order valence-corrected chi connectivity index (χ4v) is 2.39. The Bertz CT molecular complexity index is 865. The number of nitriles is 2. The smallest absolute Gasteiger partial charge is 0.292 e. The zero-order chi connectivity index (χ0) is 19.2. The Morgan fingerprint density at radius 2 is 1.92 bits per heavy atom. The van der Waals surface area contributed by atoms with Crippen LogP contribution in [0.3, 0.4) is 0 Å². The van der Waals surface area contributed by atoms with Crippen molar-refractivity contribution in [1.82, 2.24) is 0 Å². The lowest BCUT2D eigenvalue weighted by atomic mass is 10.1. The van der Waals surface area contributed by atoms with Gasteiger partial charge in [0.2, 0.25) is 0 Å². The summed E-state index contributed by atoms with van der Waals surface area (Å²) in [4.78, 5) is 0. The first-order valence-corrected chi connectivity index (χ1v) is 8.60. The Morgan fingerprint density at radius 1 is 1.15 bits per heavy atom. The minimum absolute atomic E-state index is 0.378. The molecule has 0 heterocycles. The molecule has 1 aromatic rings. The Labute approximate surface area is 155 Å². The highest BCUT2D eigenvalue weighted by Gasteiger charge is 2.02. The number of ether oxygens (including phenoxy) is 2. The summed E-state index contributed by atoms with van der Waals surface area (Å²) >= 11 is 0. The van der Waals surface area contributed by atoms with Crippen LogP contribution in [-0.2, 0) is 9.47 Å². The lowest BCUT2D eigenvalue weighted by molar-refractivity contribution is 0.388. The third kappa shape index (κ3) is 7.11. The van der Waals surface area contributed by atoms with Crippen molar-refractivity contribution in [3.8, 4) is 12.5 Å². The SMILES string of the molecule is CC/C=c1/cccc/c1=C(/C)OC#N.CCC1C=CC=CC(OC#N)=C1. The second-order valence-electron chi connectivity index (χ2n) is 5.53. The molecule has 1 aliphatic rings. The van der Waals surface area contributed by atoms with Crippen LogP contribution in [0.4, 0.5) is 0 Å². The summed E-state index contributed by atoms with van der Waals surface area (Å²) in [6.45, 7) is 5.98. The van der Waals surface area contributed by atoms with Gasteiger partial charge in [-0.2, -0.15) is 0 Å². The van der Waals surface area contributed by atoms with Gasteiger partial charge in [-0.1, -0.05) is 62.4 Å². The van der Waals surface area contributed by atoms with E-state index in [1.807, 2.05) is 42.5 Å². The molecule has 0 spiro atoms. The summed E-state index contributed by atoms with van der Waals surface area (Å²) in [6.07, 6.45) is 17.1. The van der Waals surface area contributed by atoms with Gasteiger partial charge in [-0.3, -0.25) is 0 Å². The van der Waals surface area contributed by atoms with Gasteiger partial charge in [0.05, 0.1) is 0 Å². The van der Waals surface area contributed by atoms with Gasteiger partial charge < -0.3 is 9.47 Å². The first kappa shape index (κ1) is 20.8. The second-order valence-corrected chi connectivity index (χ2v) is 5.53. The molecule has 1 aliphatic carbocycles. The first-order valence-electron chi connectivity index (χ1n) is 8.60. The maximum Gasteiger partial charge on any atom is 0.292 e. The minimum Gasteiger partial charge on any atom is -0.392 e. The monoisotopic (exact) mass is 348 g/mol. The highest BCUT2D eigenvalue weighted by Crippen LogP contribution is 2.14. The van der Waals surface area contributed by atoms with Gasteiger partial charge in [0.25, 0.3) is 12.5 Å².